The van der Waals surface area contributed by atoms with Crippen LogP contribution in [0.15, 0.2) is 24.3 Å². The van der Waals surface area contributed by atoms with Crippen molar-refractivity contribution in [2.45, 2.75) is 32.0 Å². The van der Waals surface area contributed by atoms with E-state index in [1.165, 1.54) is 6.07 Å². The van der Waals surface area contributed by atoms with Gasteiger partial charge in [-0.2, -0.15) is 13.2 Å². The summed E-state index contributed by atoms with van der Waals surface area (Å²) in [4.78, 5) is 4.43. The van der Waals surface area contributed by atoms with Crippen molar-refractivity contribution >= 4 is 17.5 Å². The first kappa shape index (κ1) is 16.1. The van der Waals surface area contributed by atoms with Gasteiger partial charge in [0.15, 0.2) is 0 Å². The number of anilines is 1. The molecular formula is C13H18ClF3N2. The summed E-state index contributed by atoms with van der Waals surface area (Å²) in [5.41, 5.74) is -0.357. The molecule has 0 aliphatic heterocycles. The highest BCUT2D eigenvalue weighted by Crippen LogP contribution is 2.31. The van der Waals surface area contributed by atoms with Crippen LogP contribution in [0.25, 0.3) is 0 Å². The van der Waals surface area contributed by atoms with Gasteiger partial charge in [-0.15, -0.1) is 0 Å². The molecule has 0 bridgehead atoms. The van der Waals surface area contributed by atoms with Gasteiger partial charge >= 0.3 is 6.18 Å². The van der Waals surface area contributed by atoms with E-state index in [9.17, 15) is 13.2 Å². The lowest BCUT2D eigenvalue weighted by molar-refractivity contribution is -0.137. The molecule has 0 saturated heterocycles. The SMILES string of the molecule is CN(CCC(C)(C)NCl)c1cccc(C(F)(F)F)c1. The summed E-state index contributed by atoms with van der Waals surface area (Å²) >= 11 is 5.59. The molecule has 1 aromatic rings. The lowest BCUT2D eigenvalue weighted by Gasteiger charge is -2.27. The third-order valence-corrected chi connectivity index (χ3v) is 3.45. The molecule has 0 radical (unpaired) electrons. The van der Waals surface area contributed by atoms with E-state index in [-0.39, 0.29) is 5.54 Å². The van der Waals surface area contributed by atoms with Crippen molar-refractivity contribution in [3.63, 3.8) is 0 Å². The minimum absolute atomic E-state index is 0.266. The highest BCUT2D eigenvalue weighted by atomic mass is 35.5. The van der Waals surface area contributed by atoms with Gasteiger partial charge < -0.3 is 4.90 Å². The molecule has 0 unspecified atom stereocenters. The number of hydrogen-bond donors (Lipinski definition) is 1. The van der Waals surface area contributed by atoms with E-state index >= 15 is 0 Å². The minimum Gasteiger partial charge on any atom is -0.375 e. The van der Waals surface area contributed by atoms with E-state index in [2.05, 4.69) is 4.84 Å². The van der Waals surface area contributed by atoms with Crippen molar-refractivity contribution in [3.05, 3.63) is 29.8 Å². The standard InChI is InChI=1S/C13H18ClF3N2/c1-12(2,18-14)7-8-19(3)11-6-4-5-10(9-11)13(15,16)17/h4-6,9,18H,7-8H2,1-3H3. The smallest absolute Gasteiger partial charge is 0.375 e. The van der Waals surface area contributed by atoms with Gasteiger partial charge in [0, 0.05) is 24.8 Å². The van der Waals surface area contributed by atoms with Crippen LogP contribution in [0.1, 0.15) is 25.8 Å². The normalized spacial score (nSPS) is 12.6. The Morgan fingerprint density at radius 1 is 1.26 bits per heavy atom. The zero-order chi connectivity index (χ0) is 14.7. The van der Waals surface area contributed by atoms with Crippen LogP contribution in [0.5, 0.6) is 0 Å². The number of hydrogen-bond acceptors (Lipinski definition) is 2. The second-order valence-electron chi connectivity index (χ2n) is 5.20. The molecule has 1 rings (SSSR count). The van der Waals surface area contributed by atoms with Crippen molar-refractivity contribution in [2.75, 3.05) is 18.5 Å². The maximum absolute atomic E-state index is 12.6. The fourth-order valence-electron chi connectivity index (χ4n) is 1.54. The van der Waals surface area contributed by atoms with Gasteiger partial charge in [0.25, 0.3) is 0 Å². The summed E-state index contributed by atoms with van der Waals surface area (Å²) < 4.78 is 37.8. The summed E-state index contributed by atoms with van der Waals surface area (Å²) in [6, 6.07) is 5.30. The zero-order valence-electron chi connectivity index (χ0n) is 11.2. The van der Waals surface area contributed by atoms with Gasteiger partial charge in [0.1, 0.15) is 0 Å². The summed E-state index contributed by atoms with van der Waals surface area (Å²) in [5, 5.41) is 0. The van der Waals surface area contributed by atoms with E-state index in [4.69, 9.17) is 11.8 Å². The number of halogens is 4. The van der Waals surface area contributed by atoms with Crippen LogP contribution in [0.4, 0.5) is 18.9 Å². The van der Waals surface area contributed by atoms with Crippen LogP contribution in [0.2, 0.25) is 0 Å². The lowest BCUT2D eigenvalue weighted by atomic mass is 10.0. The van der Waals surface area contributed by atoms with Crippen LogP contribution in [0, 0.1) is 0 Å². The van der Waals surface area contributed by atoms with E-state index in [0.29, 0.717) is 18.7 Å². The molecule has 6 heteroatoms. The maximum atomic E-state index is 12.6. The Kier molecular flexibility index (Phi) is 5.10. The number of nitrogens with zero attached hydrogens (tertiary/aromatic N) is 1. The molecule has 0 heterocycles. The molecule has 0 fully saturated rings. The largest absolute Gasteiger partial charge is 0.416 e. The van der Waals surface area contributed by atoms with Crippen LogP contribution in [-0.2, 0) is 6.18 Å². The van der Waals surface area contributed by atoms with Crippen molar-refractivity contribution in [1.82, 2.24) is 4.84 Å². The first-order valence-electron chi connectivity index (χ1n) is 5.92. The number of benzene rings is 1. The van der Waals surface area contributed by atoms with Crippen molar-refractivity contribution in [3.8, 4) is 0 Å². The number of alkyl halides is 3. The van der Waals surface area contributed by atoms with Crippen LogP contribution in [-0.4, -0.2) is 19.1 Å². The monoisotopic (exact) mass is 294 g/mol. The average Bonchev–Trinajstić information content (AvgIpc) is 2.35. The molecule has 0 amide bonds. The summed E-state index contributed by atoms with van der Waals surface area (Å²) in [5.74, 6) is 0. The molecule has 0 aliphatic rings. The predicted octanol–water partition coefficient (Wildman–Crippen LogP) is 4.05. The molecule has 108 valence electrons. The topological polar surface area (TPSA) is 15.3 Å². The molecule has 0 saturated carbocycles. The second-order valence-corrected chi connectivity index (χ2v) is 5.39. The highest BCUT2D eigenvalue weighted by molar-refractivity contribution is 6.13. The predicted molar refractivity (Wildman–Crippen MR) is 72.4 cm³/mol. The van der Waals surface area contributed by atoms with Gasteiger partial charge in [-0.25, -0.2) is 4.84 Å². The van der Waals surface area contributed by atoms with Gasteiger partial charge in [0.05, 0.1) is 5.56 Å². The van der Waals surface area contributed by atoms with E-state index in [0.717, 1.165) is 12.1 Å². The molecule has 0 aromatic heterocycles. The average molecular weight is 295 g/mol. The van der Waals surface area contributed by atoms with Crippen molar-refractivity contribution < 1.29 is 13.2 Å². The molecule has 1 aromatic carbocycles. The van der Waals surface area contributed by atoms with Gasteiger partial charge in [-0.1, -0.05) is 6.07 Å². The lowest BCUT2D eigenvalue weighted by Crippen LogP contribution is -2.36. The van der Waals surface area contributed by atoms with Gasteiger partial charge in [-0.05, 0) is 50.2 Å². The van der Waals surface area contributed by atoms with E-state index in [1.54, 1.807) is 18.0 Å². The summed E-state index contributed by atoms with van der Waals surface area (Å²) in [6.45, 7) is 4.47. The fraction of sp³-hybridized carbons (Fsp3) is 0.538. The summed E-state index contributed by atoms with van der Waals surface area (Å²) in [6.07, 6.45) is -3.60. The quantitative estimate of drug-likeness (QED) is 0.824. The third kappa shape index (κ3) is 4.91. The van der Waals surface area contributed by atoms with E-state index in [1.807, 2.05) is 13.8 Å². The first-order valence-corrected chi connectivity index (χ1v) is 6.30. The Hall–Kier alpha value is -0.940. The molecule has 0 atom stereocenters. The van der Waals surface area contributed by atoms with Gasteiger partial charge in [-0.3, -0.25) is 0 Å². The Morgan fingerprint density at radius 3 is 2.42 bits per heavy atom. The molecule has 0 aliphatic carbocycles. The van der Waals surface area contributed by atoms with Crippen LogP contribution >= 0.6 is 11.8 Å². The molecule has 19 heavy (non-hydrogen) atoms. The minimum atomic E-state index is -4.31. The van der Waals surface area contributed by atoms with Crippen LogP contribution < -0.4 is 9.74 Å². The Balaban J connectivity index is 2.75. The molecular weight excluding hydrogens is 277 g/mol. The Labute approximate surface area is 116 Å². The fourth-order valence-corrected chi connectivity index (χ4v) is 1.64. The van der Waals surface area contributed by atoms with Crippen molar-refractivity contribution in [2.24, 2.45) is 0 Å². The molecule has 2 nitrogen and oxygen atoms in total. The second kappa shape index (κ2) is 6.01. The Bertz CT molecular complexity index is 419. The number of nitrogens with one attached hydrogen (secondary N) is 1. The van der Waals surface area contributed by atoms with E-state index < -0.39 is 11.7 Å². The molecule has 1 N–H and O–H groups in total. The molecule has 0 spiro atoms. The third-order valence-electron chi connectivity index (χ3n) is 2.94. The van der Waals surface area contributed by atoms with Crippen molar-refractivity contribution in [1.29, 1.82) is 0 Å². The summed E-state index contributed by atoms with van der Waals surface area (Å²) in [7, 11) is 1.76. The Morgan fingerprint density at radius 2 is 1.89 bits per heavy atom. The highest BCUT2D eigenvalue weighted by Gasteiger charge is 2.30. The van der Waals surface area contributed by atoms with Gasteiger partial charge in [0.2, 0.25) is 0 Å². The number of rotatable bonds is 5. The van der Waals surface area contributed by atoms with Crippen LogP contribution in [0.3, 0.4) is 0 Å². The maximum Gasteiger partial charge on any atom is 0.416 e. The zero-order valence-corrected chi connectivity index (χ0v) is 11.9. The first-order chi connectivity index (χ1) is 8.65.